The highest BCUT2D eigenvalue weighted by atomic mass is 19.4. The molecule has 128 valence electrons. The Labute approximate surface area is 135 Å². The zero-order valence-electron chi connectivity index (χ0n) is 12.8. The number of hydrogen-bond acceptors (Lipinski definition) is 5. The number of alkyl halides is 3. The number of aromatic hydroxyl groups is 1. The van der Waals surface area contributed by atoms with Crippen molar-refractivity contribution in [3.05, 3.63) is 41.1 Å². The molecule has 0 aliphatic heterocycles. The fourth-order valence-corrected chi connectivity index (χ4v) is 2.26. The molecule has 0 saturated carbocycles. The number of halogens is 3. The summed E-state index contributed by atoms with van der Waals surface area (Å²) in [6.07, 6.45) is -4.55. The van der Waals surface area contributed by atoms with E-state index in [4.69, 9.17) is 5.73 Å². The fraction of sp³-hybridized carbons (Fsp3) is 0.267. The summed E-state index contributed by atoms with van der Waals surface area (Å²) in [5.41, 5.74) is 5.40. The van der Waals surface area contributed by atoms with Crippen molar-refractivity contribution in [3.8, 4) is 17.0 Å². The second kappa shape index (κ2) is 6.44. The molecule has 1 amide bonds. The molecule has 1 aromatic heterocycles. The highest BCUT2D eigenvalue weighted by Crippen LogP contribution is 2.36. The fourth-order valence-electron chi connectivity index (χ4n) is 2.26. The molecule has 2 aromatic rings. The predicted molar refractivity (Wildman–Crippen MR) is 79.9 cm³/mol. The van der Waals surface area contributed by atoms with Crippen molar-refractivity contribution in [1.82, 2.24) is 15.5 Å². The van der Waals surface area contributed by atoms with Crippen molar-refractivity contribution in [1.29, 1.82) is 0 Å². The Kier molecular flexibility index (Phi) is 4.74. The van der Waals surface area contributed by atoms with E-state index < -0.39 is 29.4 Å². The molecule has 9 heteroatoms. The Morgan fingerprint density at radius 1 is 1.29 bits per heavy atom. The summed E-state index contributed by atoms with van der Waals surface area (Å²) in [5, 5.41) is 20.4. The molecule has 2 rings (SSSR count). The van der Waals surface area contributed by atoms with E-state index in [-0.39, 0.29) is 17.0 Å². The molecule has 0 bridgehead atoms. The Morgan fingerprint density at radius 3 is 2.42 bits per heavy atom. The number of carbonyl (C=O) groups is 1. The zero-order valence-corrected chi connectivity index (χ0v) is 12.8. The summed E-state index contributed by atoms with van der Waals surface area (Å²) < 4.78 is 37.9. The smallest absolute Gasteiger partial charge is 0.416 e. The summed E-state index contributed by atoms with van der Waals surface area (Å²) in [4.78, 5) is 11.3. The van der Waals surface area contributed by atoms with Gasteiger partial charge in [-0.3, -0.25) is 4.79 Å². The summed E-state index contributed by atoms with van der Waals surface area (Å²) in [5.74, 6) is -1.20. The first-order chi connectivity index (χ1) is 11.1. The minimum atomic E-state index is -4.55. The molecule has 0 aliphatic carbocycles. The van der Waals surface area contributed by atoms with E-state index in [2.05, 4.69) is 15.5 Å². The molecule has 24 heavy (non-hydrogen) atoms. The number of amides is 1. The quantitative estimate of drug-likeness (QED) is 0.789. The molecule has 1 unspecified atom stereocenters. The van der Waals surface area contributed by atoms with Gasteiger partial charge in [-0.15, -0.1) is 5.10 Å². The van der Waals surface area contributed by atoms with Gasteiger partial charge >= 0.3 is 6.18 Å². The van der Waals surface area contributed by atoms with Gasteiger partial charge in [-0.2, -0.15) is 18.3 Å². The maximum absolute atomic E-state index is 12.6. The number of nitrogens with one attached hydrogen (secondary N) is 1. The summed E-state index contributed by atoms with van der Waals surface area (Å²) in [6.45, 7) is 1.64. The van der Waals surface area contributed by atoms with Gasteiger partial charge in [0, 0.05) is 5.56 Å². The lowest BCUT2D eigenvalue weighted by molar-refractivity contribution is -0.137. The monoisotopic (exact) mass is 340 g/mol. The van der Waals surface area contributed by atoms with Crippen LogP contribution in [0.5, 0.6) is 5.75 Å². The number of benzene rings is 1. The van der Waals surface area contributed by atoms with E-state index in [0.717, 1.165) is 12.1 Å². The maximum Gasteiger partial charge on any atom is 0.416 e. The van der Waals surface area contributed by atoms with Gasteiger partial charge in [0.1, 0.15) is 11.8 Å². The molecule has 4 N–H and O–H groups in total. The standard InChI is InChI=1S/C15H15F3N4O2/c1-7-5-10(13(20-2)14(19)24)21-22-12(7)9-4-3-8(6-11(9)23)15(16,17)18/h3-6,13,20,23H,1-2H3,(H2,19,24). The second-order valence-electron chi connectivity index (χ2n) is 5.15. The molecule has 0 saturated heterocycles. The van der Waals surface area contributed by atoms with Crippen LogP contribution < -0.4 is 11.1 Å². The maximum atomic E-state index is 12.6. The minimum absolute atomic E-state index is 0.111. The first-order valence-electron chi connectivity index (χ1n) is 6.86. The van der Waals surface area contributed by atoms with Crippen molar-refractivity contribution in [2.75, 3.05) is 7.05 Å². The lowest BCUT2D eigenvalue weighted by Gasteiger charge is -2.14. The van der Waals surface area contributed by atoms with Gasteiger partial charge in [-0.1, -0.05) is 0 Å². The molecule has 0 spiro atoms. The van der Waals surface area contributed by atoms with Gasteiger partial charge in [-0.05, 0) is 43.8 Å². The van der Waals surface area contributed by atoms with E-state index in [9.17, 15) is 23.1 Å². The number of nitrogens with zero attached hydrogens (tertiary/aromatic N) is 2. The molecular formula is C15H15F3N4O2. The van der Waals surface area contributed by atoms with E-state index in [1.165, 1.54) is 13.1 Å². The van der Waals surface area contributed by atoms with Gasteiger partial charge in [-0.25, -0.2) is 0 Å². The van der Waals surface area contributed by atoms with Crippen LogP contribution in [0, 0.1) is 6.92 Å². The van der Waals surface area contributed by atoms with E-state index in [1.807, 2.05) is 0 Å². The number of hydrogen-bond donors (Lipinski definition) is 3. The van der Waals surface area contributed by atoms with E-state index >= 15 is 0 Å². The van der Waals surface area contributed by atoms with Crippen molar-refractivity contribution >= 4 is 5.91 Å². The van der Waals surface area contributed by atoms with Crippen LogP contribution in [0.1, 0.15) is 22.9 Å². The van der Waals surface area contributed by atoms with E-state index in [0.29, 0.717) is 11.6 Å². The molecule has 1 atom stereocenters. The Bertz CT molecular complexity index is 778. The third kappa shape index (κ3) is 3.46. The molecular weight excluding hydrogens is 325 g/mol. The number of phenolic OH excluding ortho intramolecular Hbond substituents is 1. The number of carbonyl (C=O) groups excluding carboxylic acids is 1. The molecule has 0 aliphatic rings. The first kappa shape index (κ1) is 17.7. The third-order valence-corrected chi connectivity index (χ3v) is 3.45. The van der Waals surface area contributed by atoms with Gasteiger partial charge in [0.15, 0.2) is 0 Å². The topological polar surface area (TPSA) is 101 Å². The number of aromatic nitrogens is 2. The second-order valence-corrected chi connectivity index (χ2v) is 5.15. The van der Waals surface area contributed by atoms with Gasteiger partial charge in [0.25, 0.3) is 0 Å². The number of rotatable bonds is 4. The Hall–Kier alpha value is -2.68. The predicted octanol–water partition coefficient (Wildman–Crippen LogP) is 1.92. The van der Waals surface area contributed by atoms with Crippen molar-refractivity contribution in [2.24, 2.45) is 5.73 Å². The number of primary amides is 1. The number of nitrogens with two attached hydrogens (primary N) is 1. The van der Waals surface area contributed by atoms with E-state index in [1.54, 1.807) is 6.92 Å². The van der Waals surface area contributed by atoms with Crippen LogP contribution in [0.15, 0.2) is 24.3 Å². The number of aryl methyl sites for hydroxylation is 1. The lowest BCUT2D eigenvalue weighted by Crippen LogP contribution is -2.32. The van der Waals surface area contributed by atoms with Gasteiger partial charge < -0.3 is 16.2 Å². The summed E-state index contributed by atoms with van der Waals surface area (Å²) in [6, 6.07) is 3.30. The SMILES string of the molecule is CNC(C(N)=O)c1cc(C)c(-c2ccc(C(F)(F)F)cc2O)nn1. The van der Waals surface area contributed by atoms with Crippen molar-refractivity contribution < 1.29 is 23.1 Å². The normalized spacial score (nSPS) is 12.9. The Balaban J connectivity index is 2.45. The van der Waals surface area contributed by atoms with Crippen LogP contribution in [0.25, 0.3) is 11.3 Å². The highest BCUT2D eigenvalue weighted by molar-refractivity contribution is 5.81. The molecule has 6 nitrogen and oxygen atoms in total. The third-order valence-electron chi connectivity index (χ3n) is 3.45. The zero-order chi connectivity index (χ0) is 18.1. The van der Waals surface area contributed by atoms with Gasteiger partial charge in [0.05, 0.1) is 17.0 Å². The molecule has 1 aromatic carbocycles. The number of likely N-dealkylation sites (N-methyl/N-ethyl adjacent to an activating group) is 1. The average molecular weight is 340 g/mol. The largest absolute Gasteiger partial charge is 0.507 e. The van der Waals surface area contributed by atoms with Crippen LogP contribution in [0.4, 0.5) is 13.2 Å². The minimum Gasteiger partial charge on any atom is -0.507 e. The van der Waals surface area contributed by atoms with Crippen LogP contribution >= 0.6 is 0 Å². The summed E-state index contributed by atoms with van der Waals surface area (Å²) in [7, 11) is 1.53. The van der Waals surface area contributed by atoms with Crippen LogP contribution in [0.2, 0.25) is 0 Å². The first-order valence-corrected chi connectivity index (χ1v) is 6.86. The average Bonchev–Trinajstić information content (AvgIpc) is 2.47. The van der Waals surface area contributed by atoms with Crippen LogP contribution in [-0.4, -0.2) is 28.3 Å². The molecule has 0 fully saturated rings. The van der Waals surface area contributed by atoms with Gasteiger partial charge in [0.2, 0.25) is 5.91 Å². The molecule has 0 radical (unpaired) electrons. The lowest BCUT2D eigenvalue weighted by atomic mass is 10.0. The molecule has 1 heterocycles. The highest BCUT2D eigenvalue weighted by Gasteiger charge is 2.31. The van der Waals surface area contributed by atoms with Crippen LogP contribution in [-0.2, 0) is 11.0 Å². The van der Waals surface area contributed by atoms with Crippen molar-refractivity contribution in [2.45, 2.75) is 19.1 Å². The summed E-state index contributed by atoms with van der Waals surface area (Å²) >= 11 is 0. The van der Waals surface area contributed by atoms with Crippen LogP contribution in [0.3, 0.4) is 0 Å². The number of phenols is 1. The Morgan fingerprint density at radius 2 is 1.96 bits per heavy atom. The van der Waals surface area contributed by atoms with Crippen molar-refractivity contribution in [3.63, 3.8) is 0 Å².